The van der Waals surface area contributed by atoms with Crippen molar-refractivity contribution in [2.75, 3.05) is 43.5 Å². The number of carbonyl (C=O) groups excluding carboxylic acids is 1. The Kier molecular flexibility index (Phi) is 6.11. The van der Waals surface area contributed by atoms with Gasteiger partial charge in [-0.05, 0) is 25.5 Å². The highest BCUT2D eigenvalue weighted by Crippen LogP contribution is 2.28. The fourth-order valence-corrected chi connectivity index (χ4v) is 3.07. The van der Waals surface area contributed by atoms with Crippen molar-refractivity contribution in [1.29, 1.82) is 0 Å². The van der Waals surface area contributed by atoms with E-state index in [0.717, 1.165) is 30.9 Å². The van der Waals surface area contributed by atoms with Crippen LogP contribution in [0.2, 0.25) is 0 Å². The van der Waals surface area contributed by atoms with E-state index in [1.54, 1.807) is 19.5 Å². The quantitative estimate of drug-likeness (QED) is 0.844. The average Bonchev–Trinajstić information content (AvgIpc) is 2.73. The first kappa shape index (κ1) is 18.9. The molecule has 1 aromatic heterocycles. The second-order valence-corrected chi connectivity index (χ2v) is 6.69. The van der Waals surface area contributed by atoms with Gasteiger partial charge in [-0.25, -0.2) is 9.97 Å². The van der Waals surface area contributed by atoms with E-state index in [4.69, 9.17) is 4.74 Å². The monoisotopic (exact) mass is 369 g/mol. The number of anilines is 2. The van der Waals surface area contributed by atoms with Crippen molar-refractivity contribution in [2.45, 2.75) is 26.3 Å². The number of hydrogen-bond acceptors (Lipinski definition) is 6. The molecular weight excluding hydrogens is 342 g/mol. The minimum Gasteiger partial charge on any atom is -0.495 e. The van der Waals surface area contributed by atoms with Crippen LogP contribution >= 0.6 is 0 Å². The standard InChI is InChI=1S/C20H27N5O2/c1-4-15(2)23-19-14-21-16(13-22-19)20(26)25-11-9-24(10-12-25)17-7-5-6-8-18(17)27-3/h5-8,13-15H,4,9-12H2,1-3H3,(H,22,23). The number of piperazine rings is 1. The van der Waals surface area contributed by atoms with Gasteiger partial charge in [0, 0.05) is 32.2 Å². The number of nitrogens with zero attached hydrogens (tertiary/aromatic N) is 4. The van der Waals surface area contributed by atoms with Gasteiger partial charge in [0.1, 0.15) is 17.3 Å². The summed E-state index contributed by atoms with van der Waals surface area (Å²) in [6.45, 7) is 6.99. The summed E-state index contributed by atoms with van der Waals surface area (Å²) < 4.78 is 5.44. The van der Waals surface area contributed by atoms with Crippen LogP contribution in [0.25, 0.3) is 0 Å². The topological polar surface area (TPSA) is 70.6 Å². The molecule has 2 aromatic rings. The fraction of sp³-hybridized carbons (Fsp3) is 0.450. The Morgan fingerprint density at radius 1 is 1.19 bits per heavy atom. The highest BCUT2D eigenvalue weighted by Gasteiger charge is 2.24. The van der Waals surface area contributed by atoms with E-state index in [-0.39, 0.29) is 5.91 Å². The summed E-state index contributed by atoms with van der Waals surface area (Å²) in [4.78, 5) is 25.4. The van der Waals surface area contributed by atoms with Crippen molar-refractivity contribution >= 4 is 17.4 Å². The molecule has 1 amide bonds. The third-order valence-electron chi connectivity index (χ3n) is 4.87. The molecular formula is C20H27N5O2. The minimum atomic E-state index is -0.0720. The van der Waals surface area contributed by atoms with Crippen molar-refractivity contribution in [1.82, 2.24) is 14.9 Å². The number of rotatable bonds is 6. The second-order valence-electron chi connectivity index (χ2n) is 6.69. The largest absolute Gasteiger partial charge is 0.495 e. The molecule has 0 spiro atoms. The Labute approximate surface area is 160 Å². The first-order valence-corrected chi connectivity index (χ1v) is 9.38. The van der Waals surface area contributed by atoms with Crippen LogP contribution in [0, 0.1) is 0 Å². The van der Waals surface area contributed by atoms with Crippen molar-refractivity contribution in [2.24, 2.45) is 0 Å². The molecule has 1 unspecified atom stereocenters. The molecule has 0 radical (unpaired) electrons. The van der Waals surface area contributed by atoms with Gasteiger partial charge in [-0.3, -0.25) is 4.79 Å². The van der Waals surface area contributed by atoms with Gasteiger partial charge in [-0.2, -0.15) is 0 Å². The Hall–Kier alpha value is -2.83. The van der Waals surface area contributed by atoms with E-state index in [0.29, 0.717) is 30.6 Å². The number of hydrogen-bond donors (Lipinski definition) is 1. The molecule has 0 aliphatic carbocycles. The van der Waals surface area contributed by atoms with E-state index in [9.17, 15) is 4.79 Å². The molecule has 1 aromatic carbocycles. The summed E-state index contributed by atoms with van der Waals surface area (Å²) >= 11 is 0. The van der Waals surface area contributed by atoms with Gasteiger partial charge in [-0.15, -0.1) is 0 Å². The lowest BCUT2D eigenvalue weighted by atomic mass is 10.2. The predicted molar refractivity (Wildman–Crippen MR) is 107 cm³/mol. The smallest absolute Gasteiger partial charge is 0.274 e. The Balaban J connectivity index is 1.60. The molecule has 7 nitrogen and oxygen atoms in total. The zero-order chi connectivity index (χ0) is 19.2. The lowest BCUT2D eigenvalue weighted by Gasteiger charge is -2.36. The fourth-order valence-electron chi connectivity index (χ4n) is 3.07. The van der Waals surface area contributed by atoms with Gasteiger partial charge < -0.3 is 19.9 Å². The summed E-state index contributed by atoms with van der Waals surface area (Å²) in [5.41, 5.74) is 1.45. The highest BCUT2D eigenvalue weighted by atomic mass is 16.5. The number of para-hydroxylation sites is 2. The summed E-state index contributed by atoms with van der Waals surface area (Å²) in [6.07, 6.45) is 4.18. The van der Waals surface area contributed by atoms with Crippen LogP contribution in [0.1, 0.15) is 30.8 Å². The molecule has 144 valence electrons. The minimum absolute atomic E-state index is 0.0720. The van der Waals surface area contributed by atoms with Crippen LogP contribution in [0.15, 0.2) is 36.7 Å². The van der Waals surface area contributed by atoms with Crippen LogP contribution in [0.5, 0.6) is 5.75 Å². The zero-order valence-corrected chi connectivity index (χ0v) is 16.2. The maximum atomic E-state index is 12.7. The first-order valence-electron chi connectivity index (χ1n) is 9.38. The summed E-state index contributed by atoms with van der Waals surface area (Å²) in [7, 11) is 1.68. The maximum Gasteiger partial charge on any atom is 0.274 e. The van der Waals surface area contributed by atoms with E-state index in [1.165, 1.54) is 0 Å². The van der Waals surface area contributed by atoms with E-state index >= 15 is 0 Å². The number of benzene rings is 1. The molecule has 3 rings (SSSR count). The third-order valence-corrected chi connectivity index (χ3v) is 4.87. The first-order chi connectivity index (χ1) is 13.1. The number of methoxy groups -OCH3 is 1. The lowest BCUT2D eigenvalue weighted by molar-refractivity contribution is 0.0740. The molecule has 1 N–H and O–H groups in total. The molecule has 1 aliphatic rings. The van der Waals surface area contributed by atoms with Gasteiger partial charge in [-0.1, -0.05) is 19.1 Å². The van der Waals surface area contributed by atoms with E-state index < -0.39 is 0 Å². The van der Waals surface area contributed by atoms with Crippen LogP contribution < -0.4 is 15.0 Å². The van der Waals surface area contributed by atoms with Gasteiger partial charge in [0.2, 0.25) is 0 Å². The van der Waals surface area contributed by atoms with Crippen LogP contribution in [-0.2, 0) is 0 Å². The molecule has 27 heavy (non-hydrogen) atoms. The zero-order valence-electron chi connectivity index (χ0n) is 16.2. The summed E-state index contributed by atoms with van der Waals surface area (Å²) in [5.74, 6) is 1.48. The third kappa shape index (κ3) is 4.48. The number of nitrogens with one attached hydrogen (secondary N) is 1. The number of amides is 1. The molecule has 0 bridgehead atoms. The summed E-state index contributed by atoms with van der Waals surface area (Å²) in [5, 5.41) is 3.25. The molecule has 1 aliphatic heterocycles. The SMILES string of the molecule is CCC(C)Nc1cnc(C(=O)N2CCN(c3ccccc3OC)CC2)cn1. The van der Waals surface area contributed by atoms with Gasteiger partial charge in [0.25, 0.3) is 5.91 Å². The van der Waals surface area contributed by atoms with Crippen LogP contribution in [-0.4, -0.2) is 60.1 Å². The number of aromatic nitrogens is 2. The normalized spacial score (nSPS) is 15.4. The molecule has 0 saturated carbocycles. The Morgan fingerprint density at radius 3 is 2.56 bits per heavy atom. The maximum absolute atomic E-state index is 12.7. The van der Waals surface area contributed by atoms with Crippen molar-refractivity contribution < 1.29 is 9.53 Å². The van der Waals surface area contributed by atoms with Crippen LogP contribution in [0.4, 0.5) is 11.5 Å². The molecule has 1 fully saturated rings. The second kappa shape index (κ2) is 8.70. The van der Waals surface area contributed by atoms with E-state index in [1.807, 2.05) is 29.2 Å². The van der Waals surface area contributed by atoms with Crippen molar-refractivity contribution in [3.05, 3.63) is 42.4 Å². The predicted octanol–water partition coefficient (Wildman–Crippen LogP) is 2.66. The van der Waals surface area contributed by atoms with Gasteiger partial charge in [0.15, 0.2) is 0 Å². The van der Waals surface area contributed by atoms with Crippen molar-refractivity contribution in [3.8, 4) is 5.75 Å². The molecule has 7 heteroatoms. The average molecular weight is 369 g/mol. The van der Waals surface area contributed by atoms with Gasteiger partial charge >= 0.3 is 0 Å². The molecule has 1 saturated heterocycles. The molecule has 1 atom stereocenters. The van der Waals surface area contributed by atoms with Crippen LogP contribution in [0.3, 0.4) is 0 Å². The number of ether oxygens (including phenoxy) is 1. The molecule has 2 heterocycles. The van der Waals surface area contributed by atoms with Crippen molar-refractivity contribution in [3.63, 3.8) is 0 Å². The van der Waals surface area contributed by atoms with Gasteiger partial charge in [0.05, 0.1) is 25.2 Å². The van der Waals surface area contributed by atoms with E-state index in [2.05, 4.69) is 34.0 Å². The Morgan fingerprint density at radius 2 is 1.93 bits per heavy atom. The lowest BCUT2D eigenvalue weighted by Crippen LogP contribution is -2.49. The summed E-state index contributed by atoms with van der Waals surface area (Å²) in [6, 6.07) is 8.28. The Bertz CT molecular complexity index is 757. The number of carbonyl (C=O) groups is 1. The highest BCUT2D eigenvalue weighted by molar-refractivity contribution is 5.92.